The second-order valence-electron chi connectivity index (χ2n) is 5.03. The van der Waals surface area contributed by atoms with Crippen molar-refractivity contribution in [2.24, 2.45) is 11.8 Å². The Kier molecular flexibility index (Phi) is 3.42. The van der Waals surface area contributed by atoms with Crippen molar-refractivity contribution in [1.29, 1.82) is 0 Å². The van der Waals surface area contributed by atoms with Gasteiger partial charge in [-0.25, -0.2) is 4.98 Å². The van der Waals surface area contributed by atoms with Gasteiger partial charge in [0.05, 0.1) is 5.69 Å². The smallest absolute Gasteiger partial charge is 0.150 e. The highest BCUT2D eigenvalue weighted by molar-refractivity contribution is 5.42. The third-order valence-electron chi connectivity index (χ3n) is 3.64. The maximum absolute atomic E-state index is 4.44. The van der Waals surface area contributed by atoms with E-state index in [9.17, 15) is 0 Å². The minimum absolute atomic E-state index is 0.810. The van der Waals surface area contributed by atoms with Gasteiger partial charge in [0.2, 0.25) is 0 Å². The Hall–Kier alpha value is -1.12. The fraction of sp³-hybridized carbons (Fsp3) is 0.692. The Morgan fingerprint density at radius 3 is 2.38 bits per heavy atom. The van der Waals surface area contributed by atoms with E-state index in [0.717, 1.165) is 36.4 Å². The molecule has 1 aromatic rings. The predicted molar refractivity (Wildman–Crippen MR) is 66.5 cm³/mol. The fourth-order valence-corrected chi connectivity index (χ4v) is 2.49. The first-order valence-corrected chi connectivity index (χ1v) is 6.21. The third-order valence-corrected chi connectivity index (χ3v) is 3.64. The molecule has 0 atom stereocenters. The van der Waals surface area contributed by atoms with Crippen LogP contribution in [0.4, 0.5) is 5.82 Å². The molecule has 2 heterocycles. The molecule has 1 aliphatic heterocycles. The topological polar surface area (TPSA) is 29.0 Å². The highest BCUT2D eigenvalue weighted by Crippen LogP contribution is 2.27. The average Bonchev–Trinajstić information content (AvgIpc) is 2.30. The van der Waals surface area contributed by atoms with Crippen LogP contribution in [0.1, 0.15) is 32.4 Å². The van der Waals surface area contributed by atoms with Gasteiger partial charge in [0.25, 0.3) is 0 Å². The van der Waals surface area contributed by atoms with Gasteiger partial charge in [0.15, 0.2) is 0 Å². The van der Waals surface area contributed by atoms with Crippen molar-refractivity contribution in [1.82, 2.24) is 9.97 Å². The predicted octanol–water partition coefficient (Wildman–Crippen LogP) is 2.66. The number of piperidine rings is 1. The van der Waals surface area contributed by atoms with E-state index in [-0.39, 0.29) is 0 Å². The lowest BCUT2D eigenvalue weighted by Crippen LogP contribution is -2.36. The van der Waals surface area contributed by atoms with E-state index >= 15 is 0 Å². The van der Waals surface area contributed by atoms with Crippen LogP contribution >= 0.6 is 0 Å². The summed E-state index contributed by atoms with van der Waals surface area (Å²) in [6, 6.07) is 0. The van der Waals surface area contributed by atoms with E-state index in [0.29, 0.717) is 0 Å². The van der Waals surface area contributed by atoms with Crippen molar-refractivity contribution in [2.45, 2.75) is 33.6 Å². The SMILES string of the molecule is Cc1nccnc1N1CCC(C(C)C)CC1. The summed E-state index contributed by atoms with van der Waals surface area (Å²) < 4.78 is 0. The van der Waals surface area contributed by atoms with Crippen LogP contribution < -0.4 is 4.90 Å². The molecule has 1 aliphatic rings. The molecule has 0 amide bonds. The van der Waals surface area contributed by atoms with Gasteiger partial charge in [-0.15, -0.1) is 0 Å². The summed E-state index contributed by atoms with van der Waals surface area (Å²) in [5, 5.41) is 0. The minimum atomic E-state index is 0.810. The molecule has 0 spiro atoms. The molecule has 3 nitrogen and oxygen atoms in total. The van der Waals surface area contributed by atoms with Crippen LogP contribution in [0, 0.1) is 18.8 Å². The Morgan fingerprint density at radius 2 is 1.81 bits per heavy atom. The molecule has 1 aromatic heterocycles. The van der Waals surface area contributed by atoms with Crippen LogP contribution in [-0.2, 0) is 0 Å². The van der Waals surface area contributed by atoms with Gasteiger partial charge in [-0.3, -0.25) is 4.98 Å². The van der Waals surface area contributed by atoms with Crippen molar-refractivity contribution < 1.29 is 0 Å². The van der Waals surface area contributed by atoms with Crippen molar-refractivity contribution in [3.63, 3.8) is 0 Å². The van der Waals surface area contributed by atoms with Gasteiger partial charge in [-0.05, 0) is 31.6 Å². The summed E-state index contributed by atoms with van der Waals surface area (Å²) in [5.41, 5.74) is 1.05. The molecule has 0 aromatic carbocycles. The Balaban J connectivity index is 2.02. The number of hydrogen-bond donors (Lipinski definition) is 0. The lowest BCUT2D eigenvalue weighted by Gasteiger charge is -2.34. The highest BCUT2D eigenvalue weighted by Gasteiger charge is 2.23. The summed E-state index contributed by atoms with van der Waals surface area (Å²) >= 11 is 0. The van der Waals surface area contributed by atoms with Crippen molar-refractivity contribution in [3.8, 4) is 0 Å². The quantitative estimate of drug-likeness (QED) is 0.765. The van der Waals surface area contributed by atoms with Crippen molar-refractivity contribution in [2.75, 3.05) is 18.0 Å². The largest absolute Gasteiger partial charge is 0.355 e. The highest BCUT2D eigenvalue weighted by atomic mass is 15.2. The normalized spacial score (nSPS) is 18.1. The van der Waals surface area contributed by atoms with E-state index < -0.39 is 0 Å². The van der Waals surface area contributed by atoms with Crippen molar-refractivity contribution in [3.05, 3.63) is 18.1 Å². The van der Waals surface area contributed by atoms with Crippen molar-refractivity contribution >= 4 is 5.82 Å². The molecule has 0 radical (unpaired) electrons. The van der Waals surface area contributed by atoms with E-state index in [4.69, 9.17) is 0 Å². The summed E-state index contributed by atoms with van der Waals surface area (Å²) in [5.74, 6) is 2.77. The molecule has 3 heteroatoms. The number of aryl methyl sites for hydroxylation is 1. The molecule has 0 N–H and O–H groups in total. The second kappa shape index (κ2) is 4.81. The molecule has 1 fully saturated rings. The Labute approximate surface area is 97.9 Å². The van der Waals surface area contributed by atoms with Gasteiger partial charge >= 0.3 is 0 Å². The lowest BCUT2D eigenvalue weighted by atomic mass is 9.87. The lowest BCUT2D eigenvalue weighted by molar-refractivity contribution is 0.310. The first kappa shape index (κ1) is 11.4. The molecule has 0 saturated carbocycles. The van der Waals surface area contributed by atoms with Gasteiger partial charge in [-0.2, -0.15) is 0 Å². The van der Waals surface area contributed by atoms with Crippen LogP contribution in [-0.4, -0.2) is 23.1 Å². The summed E-state index contributed by atoms with van der Waals surface area (Å²) in [4.78, 5) is 11.1. The van der Waals surface area contributed by atoms with Gasteiger partial charge in [0.1, 0.15) is 5.82 Å². The van der Waals surface area contributed by atoms with E-state index in [2.05, 4.69) is 28.7 Å². The molecule has 0 aliphatic carbocycles. The Bertz CT molecular complexity index is 341. The van der Waals surface area contributed by atoms with E-state index in [1.807, 2.05) is 6.92 Å². The maximum Gasteiger partial charge on any atom is 0.150 e. The monoisotopic (exact) mass is 219 g/mol. The zero-order valence-electron chi connectivity index (χ0n) is 10.5. The maximum atomic E-state index is 4.44. The van der Waals surface area contributed by atoms with Gasteiger partial charge in [0, 0.05) is 25.5 Å². The second-order valence-corrected chi connectivity index (χ2v) is 5.03. The molecule has 16 heavy (non-hydrogen) atoms. The fourth-order valence-electron chi connectivity index (χ4n) is 2.49. The first-order chi connectivity index (χ1) is 7.68. The number of nitrogens with zero attached hydrogens (tertiary/aromatic N) is 3. The first-order valence-electron chi connectivity index (χ1n) is 6.21. The average molecular weight is 219 g/mol. The zero-order chi connectivity index (χ0) is 11.5. The number of rotatable bonds is 2. The molecule has 2 rings (SSSR count). The molecular weight excluding hydrogens is 198 g/mol. The third kappa shape index (κ3) is 2.34. The number of aromatic nitrogens is 2. The van der Waals surface area contributed by atoms with Crippen LogP contribution in [0.15, 0.2) is 12.4 Å². The van der Waals surface area contributed by atoms with Crippen LogP contribution in [0.2, 0.25) is 0 Å². The summed E-state index contributed by atoms with van der Waals surface area (Å²) in [6.07, 6.45) is 6.12. The molecular formula is C13H21N3. The van der Waals surface area contributed by atoms with Crippen LogP contribution in [0.3, 0.4) is 0 Å². The standard InChI is InChI=1S/C13H21N3/c1-10(2)12-4-8-16(9-5-12)13-11(3)14-6-7-15-13/h6-7,10,12H,4-5,8-9H2,1-3H3. The van der Waals surface area contributed by atoms with Gasteiger partial charge in [-0.1, -0.05) is 13.8 Å². The molecule has 0 bridgehead atoms. The molecule has 88 valence electrons. The van der Waals surface area contributed by atoms with Crippen LogP contribution in [0.25, 0.3) is 0 Å². The van der Waals surface area contributed by atoms with Gasteiger partial charge < -0.3 is 4.90 Å². The molecule has 0 unspecified atom stereocenters. The number of anilines is 1. The zero-order valence-corrected chi connectivity index (χ0v) is 10.5. The summed E-state index contributed by atoms with van der Waals surface area (Å²) in [6.45, 7) is 8.95. The minimum Gasteiger partial charge on any atom is -0.355 e. The Morgan fingerprint density at radius 1 is 1.19 bits per heavy atom. The van der Waals surface area contributed by atoms with Crippen LogP contribution in [0.5, 0.6) is 0 Å². The number of hydrogen-bond acceptors (Lipinski definition) is 3. The van der Waals surface area contributed by atoms with E-state index in [1.54, 1.807) is 12.4 Å². The van der Waals surface area contributed by atoms with E-state index in [1.165, 1.54) is 12.8 Å². The summed E-state index contributed by atoms with van der Waals surface area (Å²) in [7, 11) is 0. The molecule has 1 saturated heterocycles.